The Balaban J connectivity index is 2.34. The molecule has 1 N–H and O–H groups in total. The van der Waals surface area contributed by atoms with E-state index in [-0.39, 0.29) is 0 Å². The van der Waals surface area contributed by atoms with E-state index in [0.29, 0.717) is 5.92 Å². The minimum absolute atomic E-state index is 0.599. The van der Waals surface area contributed by atoms with Gasteiger partial charge < -0.3 is 5.32 Å². The largest absolute Gasteiger partial charge is 0.370 e. The van der Waals surface area contributed by atoms with E-state index < -0.39 is 0 Å². The van der Waals surface area contributed by atoms with Crippen LogP contribution in [0.2, 0.25) is 0 Å². The molecule has 20 heavy (non-hydrogen) atoms. The van der Waals surface area contributed by atoms with Crippen LogP contribution in [0.4, 0.5) is 5.82 Å². The lowest BCUT2D eigenvalue weighted by atomic mass is 10.1. The fourth-order valence-electron chi connectivity index (χ4n) is 2.03. The first-order valence-electron chi connectivity index (χ1n) is 7.27. The van der Waals surface area contributed by atoms with Crippen molar-refractivity contribution in [1.29, 1.82) is 0 Å². The Morgan fingerprint density at radius 2 is 2.05 bits per heavy atom. The van der Waals surface area contributed by atoms with Gasteiger partial charge >= 0.3 is 0 Å². The molecule has 3 nitrogen and oxygen atoms in total. The molecule has 4 heteroatoms. The van der Waals surface area contributed by atoms with Crippen LogP contribution in [0.3, 0.4) is 0 Å². The van der Waals surface area contributed by atoms with Crippen LogP contribution in [0.1, 0.15) is 37.8 Å². The summed E-state index contributed by atoms with van der Waals surface area (Å²) in [6, 6.07) is 6.31. The average Bonchev–Trinajstić information content (AvgIpc) is 2.82. The van der Waals surface area contributed by atoms with Gasteiger partial charge in [0.15, 0.2) is 5.82 Å². The Hall–Kier alpha value is -1.42. The van der Waals surface area contributed by atoms with Gasteiger partial charge in [-0.05, 0) is 37.8 Å². The first kappa shape index (κ1) is 15.0. The lowest BCUT2D eigenvalue weighted by Gasteiger charge is -2.10. The third-order valence-corrected chi connectivity index (χ3v) is 3.91. The van der Waals surface area contributed by atoms with E-state index in [0.717, 1.165) is 41.6 Å². The third-order valence-electron chi connectivity index (χ3n) is 2.91. The van der Waals surface area contributed by atoms with Crippen LogP contribution in [0, 0.1) is 12.8 Å². The maximum Gasteiger partial charge on any atom is 0.171 e. The fourth-order valence-corrected chi connectivity index (χ4v) is 2.83. The number of thiophene rings is 1. The molecule has 0 atom stereocenters. The predicted octanol–water partition coefficient (Wildman–Crippen LogP) is 4.53. The summed E-state index contributed by atoms with van der Waals surface area (Å²) in [7, 11) is 0. The number of hydrogen-bond donors (Lipinski definition) is 1. The molecule has 0 saturated heterocycles. The molecule has 0 fully saturated rings. The average molecular weight is 289 g/mol. The highest BCUT2D eigenvalue weighted by Crippen LogP contribution is 2.26. The Morgan fingerprint density at radius 1 is 1.25 bits per heavy atom. The maximum absolute atomic E-state index is 4.72. The Morgan fingerprint density at radius 3 is 2.65 bits per heavy atom. The van der Waals surface area contributed by atoms with Crippen molar-refractivity contribution in [3.05, 3.63) is 28.8 Å². The summed E-state index contributed by atoms with van der Waals surface area (Å²) >= 11 is 1.75. The van der Waals surface area contributed by atoms with Crippen molar-refractivity contribution >= 4 is 17.2 Å². The Kier molecular flexibility index (Phi) is 5.12. The van der Waals surface area contributed by atoms with Gasteiger partial charge in [-0.3, -0.25) is 0 Å². The standard InChI is InChI=1S/C16H23N3S/c1-5-8-17-15-10-13(9-11(2)3)18-16(19-15)14-7-6-12(4)20-14/h6-7,10-11H,5,8-9H2,1-4H3,(H,17,18,19). The van der Waals surface area contributed by atoms with Gasteiger partial charge in [-0.2, -0.15) is 0 Å². The molecule has 0 bridgehead atoms. The quantitative estimate of drug-likeness (QED) is 0.848. The summed E-state index contributed by atoms with van der Waals surface area (Å²) in [5.41, 5.74) is 1.12. The molecule has 0 aromatic carbocycles. The van der Waals surface area contributed by atoms with Gasteiger partial charge in [-0.25, -0.2) is 9.97 Å². The molecule has 0 saturated carbocycles. The topological polar surface area (TPSA) is 37.8 Å². The predicted molar refractivity (Wildman–Crippen MR) is 87.4 cm³/mol. The summed E-state index contributed by atoms with van der Waals surface area (Å²) in [5, 5.41) is 3.38. The number of nitrogens with zero attached hydrogens (tertiary/aromatic N) is 2. The van der Waals surface area contributed by atoms with Crippen molar-refractivity contribution in [3.8, 4) is 10.7 Å². The third kappa shape index (κ3) is 4.04. The number of nitrogens with one attached hydrogen (secondary N) is 1. The number of rotatable bonds is 6. The Bertz CT molecular complexity index is 561. The van der Waals surface area contributed by atoms with Gasteiger partial charge in [0.2, 0.25) is 0 Å². The zero-order valence-electron chi connectivity index (χ0n) is 12.7. The van der Waals surface area contributed by atoms with Crippen molar-refractivity contribution in [1.82, 2.24) is 9.97 Å². The molecule has 2 aromatic heterocycles. The fraction of sp³-hybridized carbons (Fsp3) is 0.500. The lowest BCUT2D eigenvalue weighted by Crippen LogP contribution is -2.06. The van der Waals surface area contributed by atoms with Crippen LogP contribution in [0.5, 0.6) is 0 Å². The smallest absolute Gasteiger partial charge is 0.171 e. The maximum atomic E-state index is 4.72. The van der Waals surface area contributed by atoms with Crippen LogP contribution in [0.25, 0.3) is 10.7 Å². The van der Waals surface area contributed by atoms with Gasteiger partial charge in [0.1, 0.15) is 5.82 Å². The number of aryl methyl sites for hydroxylation is 1. The molecule has 2 heterocycles. The highest BCUT2D eigenvalue weighted by molar-refractivity contribution is 7.15. The molecule has 2 rings (SSSR count). The van der Waals surface area contributed by atoms with E-state index in [2.05, 4.69) is 56.2 Å². The molecule has 0 aliphatic rings. The molecule has 0 spiro atoms. The number of aromatic nitrogens is 2. The van der Waals surface area contributed by atoms with Crippen molar-refractivity contribution < 1.29 is 0 Å². The second kappa shape index (κ2) is 6.84. The molecule has 0 aliphatic heterocycles. The number of hydrogen-bond acceptors (Lipinski definition) is 4. The molecule has 0 unspecified atom stereocenters. The van der Waals surface area contributed by atoms with E-state index in [9.17, 15) is 0 Å². The van der Waals surface area contributed by atoms with Gasteiger partial charge in [-0.15, -0.1) is 11.3 Å². The van der Waals surface area contributed by atoms with Crippen molar-refractivity contribution in [2.24, 2.45) is 5.92 Å². The minimum Gasteiger partial charge on any atom is -0.370 e. The summed E-state index contributed by atoms with van der Waals surface area (Å²) < 4.78 is 0. The van der Waals surface area contributed by atoms with E-state index in [1.165, 1.54) is 4.88 Å². The van der Waals surface area contributed by atoms with Crippen molar-refractivity contribution in [2.75, 3.05) is 11.9 Å². The zero-order chi connectivity index (χ0) is 14.5. The second-order valence-electron chi connectivity index (χ2n) is 5.50. The molecule has 0 amide bonds. The van der Waals surface area contributed by atoms with Crippen LogP contribution in [-0.4, -0.2) is 16.5 Å². The number of anilines is 1. The molecular weight excluding hydrogens is 266 g/mol. The molecule has 0 aliphatic carbocycles. The monoisotopic (exact) mass is 289 g/mol. The van der Waals surface area contributed by atoms with E-state index in [1.807, 2.05) is 0 Å². The van der Waals surface area contributed by atoms with E-state index in [1.54, 1.807) is 11.3 Å². The summed E-state index contributed by atoms with van der Waals surface area (Å²) in [5.74, 6) is 2.39. The van der Waals surface area contributed by atoms with Gasteiger partial charge in [0.05, 0.1) is 4.88 Å². The normalized spacial score (nSPS) is 11.1. The van der Waals surface area contributed by atoms with Crippen LogP contribution in [0.15, 0.2) is 18.2 Å². The van der Waals surface area contributed by atoms with Crippen LogP contribution < -0.4 is 5.32 Å². The second-order valence-corrected chi connectivity index (χ2v) is 6.79. The van der Waals surface area contributed by atoms with E-state index >= 15 is 0 Å². The van der Waals surface area contributed by atoms with Gasteiger partial charge in [0, 0.05) is 23.2 Å². The first-order valence-corrected chi connectivity index (χ1v) is 8.08. The summed E-state index contributed by atoms with van der Waals surface area (Å²) in [6.45, 7) is 9.66. The van der Waals surface area contributed by atoms with Gasteiger partial charge in [0.25, 0.3) is 0 Å². The molecular formula is C16H23N3S. The summed E-state index contributed by atoms with van der Waals surface area (Å²) in [4.78, 5) is 11.8. The minimum atomic E-state index is 0.599. The van der Waals surface area contributed by atoms with E-state index in [4.69, 9.17) is 4.98 Å². The molecule has 2 aromatic rings. The van der Waals surface area contributed by atoms with Crippen molar-refractivity contribution in [3.63, 3.8) is 0 Å². The SMILES string of the molecule is CCCNc1cc(CC(C)C)nc(-c2ccc(C)s2)n1. The molecule has 0 radical (unpaired) electrons. The lowest BCUT2D eigenvalue weighted by molar-refractivity contribution is 0.635. The highest BCUT2D eigenvalue weighted by atomic mass is 32.1. The van der Waals surface area contributed by atoms with Crippen LogP contribution in [-0.2, 0) is 6.42 Å². The highest BCUT2D eigenvalue weighted by Gasteiger charge is 2.09. The summed E-state index contributed by atoms with van der Waals surface area (Å²) in [6.07, 6.45) is 2.08. The molecule has 108 valence electrons. The van der Waals surface area contributed by atoms with Crippen LogP contribution >= 0.6 is 11.3 Å². The Labute approximate surface area is 125 Å². The first-order chi connectivity index (χ1) is 9.58. The zero-order valence-corrected chi connectivity index (χ0v) is 13.5. The van der Waals surface area contributed by atoms with Crippen molar-refractivity contribution in [2.45, 2.75) is 40.5 Å². The van der Waals surface area contributed by atoms with Gasteiger partial charge in [-0.1, -0.05) is 20.8 Å².